The van der Waals surface area contributed by atoms with Gasteiger partial charge in [-0.25, -0.2) is 4.39 Å². The monoisotopic (exact) mass is 345 g/mol. The van der Waals surface area contributed by atoms with E-state index in [0.29, 0.717) is 16.9 Å². The van der Waals surface area contributed by atoms with Crippen LogP contribution in [0.4, 0.5) is 4.39 Å². The number of amides is 1. The van der Waals surface area contributed by atoms with E-state index >= 15 is 0 Å². The number of halogens is 1. The van der Waals surface area contributed by atoms with Gasteiger partial charge in [0.1, 0.15) is 11.6 Å². The van der Waals surface area contributed by atoms with Crippen LogP contribution in [0.2, 0.25) is 0 Å². The predicted octanol–water partition coefficient (Wildman–Crippen LogP) is 3.26. The predicted molar refractivity (Wildman–Crippen MR) is 91.2 cm³/mol. The van der Waals surface area contributed by atoms with Crippen molar-refractivity contribution in [2.75, 3.05) is 7.11 Å². The third-order valence-electron chi connectivity index (χ3n) is 4.04. The van der Waals surface area contributed by atoms with Gasteiger partial charge in [-0.05, 0) is 49.2 Å². The lowest BCUT2D eigenvalue weighted by Crippen LogP contribution is -2.45. The summed E-state index contributed by atoms with van der Waals surface area (Å²) in [5.74, 6) is -1.56. The van der Waals surface area contributed by atoms with Crippen LogP contribution in [-0.4, -0.2) is 24.1 Å². The molecule has 2 N–H and O–H groups in total. The zero-order chi connectivity index (χ0) is 18.6. The van der Waals surface area contributed by atoms with Crippen molar-refractivity contribution in [3.8, 4) is 5.75 Å². The van der Waals surface area contributed by atoms with E-state index in [9.17, 15) is 19.1 Å². The summed E-state index contributed by atoms with van der Waals surface area (Å²) >= 11 is 0. The fraction of sp³-hybridized carbons (Fsp3) is 0.263. The fourth-order valence-electron chi connectivity index (χ4n) is 2.54. The SMILES string of the molecule is COc1cccc(C(C)(CC(=O)O)NC(=O)c2ccc(C)c(F)c2)c1. The first-order chi connectivity index (χ1) is 11.7. The van der Waals surface area contributed by atoms with E-state index in [1.165, 1.54) is 19.2 Å². The molecule has 0 aliphatic rings. The van der Waals surface area contributed by atoms with Crippen molar-refractivity contribution in [1.29, 1.82) is 0 Å². The van der Waals surface area contributed by atoms with Gasteiger partial charge < -0.3 is 15.2 Å². The number of rotatable bonds is 6. The molecule has 0 bridgehead atoms. The van der Waals surface area contributed by atoms with Gasteiger partial charge in [-0.15, -0.1) is 0 Å². The molecule has 25 heavy (non-hydrogen) atoms. The highest BCUT2D eigenvalue weighted by atomic mass is 19.1. The zero-order valence-electron chi connectivity index (χ0n) is 14.3. The first-order valence-electron chi connectivity index (χ1n) is 7.70. The minimum atomic E-state index is -1.18. The molecule has 6 heteroatoms. The van der Waals surface area contributed by atoms with Crippen molar-refractivity contribution in [2.45, 2.75) is 25.8 Å². The Hall–Kier alpha value is -2.89. The number of carbonyl (C=O) groups excluding carboxylic acids is 1. The van der Waals surface area contributed by atoms with Crippen molar-refractivity contribution in [2.24, 2.45) is 0 Å². The van der Waals surface area contributed by atoms with Crippen LogP contribution in [0.1, 0.15) is 34.8 Å². The molecule has 0 heterocycles. The molecule has 0 saturated carbocycles. The summed E-state index contributed by atoms with van der Waals surface area (Å²) in [7, 11) is 1.50. The van der Waals surface area contributed by atoms with Gasteiger partial charge >= 0.3 is 5.97 Å². The number of carboxylic acid groups (broad SMARTS) is 1. The Balaban J connectivity index is 2.37. The summed E-state index contributed by atoms with van der Waals surface area (Å²) in [6.07, 6.45) is -0.333. The van der Waals surface area contributed by atoms with E-state index in [1.807, 2.05) is 0 Å². The Kier molecular flexibility index (Phi) is 5.41. The van der Waals surface area contributed by atoms with Crippen molar-refractivity contribution in [3.63, 3.8) is 0 Å². The third-order valence-corrected chi connectivity index (χ3v) is 4.04. The molecule has 132 valence electrons. The molecular weight excluding hydrogens is 325 g/mol. The molecule has 0 aromatic heterocycles. The summed E-state index contributed by atoms with van der Waals surface area (Å²) in [6.45, 7) is 3.21. The van der Waals surface area contributed by atoms with E-state index in [4.69, 9.17) is 4.74 Å². The first kappa shape index (κ1) is 18.4. The lowest BCUT2D eigenvalue weighted by Gasteiger charge is -2.30. The average Bonchev–Trinajstić information content (AvgIpc) is 2.56. The molecule has 0 aliphatic carbocycles. The van der Waals surface area contributed by atoms with Crippen LogP contribution < -0.4 is 10.1 Å². The Morgan fingerprint density at radius 3 is 2.56 bits per heavy atom. The smallest absolute Gasteiger partial charge is 0.306 e. The molecule has 2 aromatic carbocycles. The van der Waals surface area contributed by atoms with Crippen LogP contribution in [0.3, 0.4) is 0 Å². The maximum absolute atomic E-state index is 13.7. The fourth-order valence-corrected chi connectivity index (χ4v) is 2.54. The van der Waals surface area contributed by atoms with Crippen LogP contribution in [0.25, 0.3) is 0 Å². The molecule has 5 nitrogen and oxygen atoms in total. The molecule has 0 saturated heterocycles. The lowest BCUT2D eigenvalue weighted by atomic mass is 9.88. The van der Waals surface area contributed by atoms with E-state index in [1.54, 1.807) is 38.1 Å². The van der Waals surface area contributed by atoms with E-state index in [0.717, 1.165) is 6.07 Å². The van der Waals surface area contributed by atoms with Gasteiger partial charge in [0.05, 0.1) is 19.1 Å². The Labute approximate surface area is 145 Å². The number of carboxylic acids is 1. The standard InChI is InChI=1S/C19H20FNO4/c1-12-7-8-13(9-16(12)20)18(24)21-19(2,11-17(22)23)14-5-4-6-15(10-14)25-3/h4-10H,11H2,1-3H3,(H,21,24)(H,22,23). The first-order valence-corrected chi connectivity index (χ1v) is 7.70. The molecule has 1 unspecified atom stereocenters. The van der Waals surface area contributed by atoms with Gasteiger partial charge in [0.25, 0.3) is 5.91 Å². The second kappa shape index (κ2) is 7.34. The highest BCUT2D eigenvalue weighted by Gasteiger charge is 2.32. The Bertz CT molecular complexity index is 806. The minimum Gasteiger partial charge on any atom is -0.497 e. The van der Waals surface area contributed by atoms with Crippen molar-refractivity contribution in [1.82, 2.24) is 5.32 Å². The Morgan fingerprint density at radius 2 is 1.96 bits per heavy atom. The molecule has 0 radical (unpaired) electrons. The number of carbonyl (C=O) groups is 2. The number of aryl methyl sites for hydroxylation is 1. The van der Waals surface area contributed by atoms with Gasteiger partial charge in [0, 0.05) is 5.56 Å². The summed E-state index contributed by atoms with van der Waals surface area (Å²) in [4.78, 5) is 23.8. The van der Waals surface area contributed by atoms with E-state index in [2.05, 4.69) is 5.32 Å². The third kappa shape index (κ3) is 4.35. The number of aliphatic carboxylic acids is 1. The number of ether oxygens (including phenoxy) is 1. The van der Waals surface area contributed by atoms with Gasteiger partial charge in [0.15, 0.2) is 0 Å². The topological polar surface area (TPSA) is 75.6 Å². The highest BCUT2D eigenvalue weighted by molar-refractivity contribution is 5.95. The number of nitrogens with one attached hydrogen (secondary N) is 1. The quantitative estimate of drug-likeness (QED) is 0.843. The number of hydrogen-bond donors (Lipinski definition) is 2. The lowest BCUT2D eigenvalue weighted by molar-refractivity contribution is -0.138. The summed E-state index contributed by atoms with van der Waals surface area (Å²) in [6, 6.07) is 11.0. The number of methoxy groups -OCH3 is 1. The van der Waals surface area contributed by atoms with Crippen LogP contribution in [0.5, 0.6) is 5.75 Å². The molecular formula is C19H20FNO4. The van der Waals surface area contributed by atoms with Gasteiger partial charge in [-0.2, -0.15) is 0 Å². The van der Waals surface area contributed by atoms with Crippen molar-refractivity contribution in [3.05, 3.63) is 65.0 Å². The summed E-state index contributed by atoms with van der Waals surface area (Å²) in [5.41, 5.74) is -0.0471. The van der Waals surface area contributed by atoms with Crippen LogP contribution in [-0.2, 0) is 10.3 Å². The van der Waals surface area contributed by atoms with Crippen molar-refractivity contribution < 1.29 is 23.8 Å². The number of hydrogen-bond acceptors (Lipinski definition) is 3. The van der Waals surface area contributed by atoms with Gasteiger partial charge in [-0.3, -0.25) is 9.59 Å². The summed E-state index contributed by atoms with van der Waals surface area (Å²) in [5, 5.41) is 12.0. The largest absolute Gasteiger partial charge is 0.497 e. The van der Waals surface area contributed by atoms with Crippen LogP contribution >= 0.6 is 0 Å². The molecule has 1 amide bonds. The maximum atomic E-state index is 13.7. The van der Waals surface area contributed by atoms with Crippen molar-refractivity contribution >= 4 is 11.9 Å². The van der Waals surface area contributed by atoms with E-state index in [-0.39, 0.29) is 12.0 Å². The normalized spacial score (nSPS) is 13.0. The molecule has 2 rings (SSSR count). The summed E-state index contributed by atoms with van der Waals surface area (Å²) < 4.78 is 18.9. The average molecular weight is 345 g/mol. The molecule has 0 fully saturated rings. The molecule has 2 aromatic rings. The second-order valence-corrected chi connectivity index (χ2v) is 6.05. The zero-order valence-corrected chi connectivity index (χ0v) is 14.3. The molecule has 0 spiro atoms. The van der Waals surface area contributed by atoms with E-state index < -0.39 is 23.2 Å². The van der Waals surface area contributed by atoms with Gasteiger partial charge in [0.2, 0.25) is 0 Å². The molecule has 1 atom stereocenters. The second-order valence-electron chi connectivity index (χ2n) is 6.05. The van der Waals surface area contributed by atoms with Crippen LogP contribution in [0, 0.1) is 12.7 Å². The highest BCUT2D eigenvalue weighted by Crippen LogP contribution is 2.28. The number of benzene rings is 2. The Morgan fingerprint density at radius 1 is 1.24 bits per heavy atom. The minimum absolute atomic E-state index is 0.127. The van der Waals surface area contributed by atoms with Gasteiger partial charge in [-0.1, -0.05) is 18.2 Å². The van der Waals surface area contributed by atoms with Crippen LogP contribution in [0.15, 0.2) is 42.5 Å². The molecule has 0 aliphatic heterocycles. The maximum Gasteiger partial charge on any atom is 0.306 e.